The molecule has 0 aliphatic heterocycles. The molecule has 19 heavy (non-hydrogen) atoms. The molecule has 3 aromatic rings. The molecule has 96 valence electrons. The van der Waals surface area contributed by atoms with Gasteiger partial charge in [0.15, 0.2) is 5.82 Å². The third-order valence-electron chi connectivity index (χ3n) is 2.78. The van der Waals surface area contributed by atoms with Crippen molar-refractivity contribution in [2.45, 2.75) is 6.92 Å². The Hall–Kier alpha value is -2.01. The van der Waals surface area contributed by atoms with Gasteiger partial charge >= 0.3 is 0 Å². The summed E-state index contributed by atoms with van der Waals surface area (Å²) in [5.41, 5.74) is 1.73. The second-order valence-corrected chi connectivity index (χ2v) is 4.88. The first-order chi connectivity index (χ1) is 9.28. The number of nitrogens with one attached hydrogen (secondary N) is 1. The number of hydrogen-bond donors (Lipinski definition) is 1. The van der Waals surface area contributed by atoms with E-state index in [0.717, 1.165) is 17.6 Å². The Balaban J connectivity index is 2.24. The molecule has 0 radical (unpaired) electrons. The highest BCUT2D eigenvalue weighted by atomic mass is 32.1. The van der Waals surface area contributed by atoms with Crippen molar-refractivity contribution in [3.05, 3.63) is 40.8 Å². The molecule has 1 N–H and O–H groups in total. The zero-order valence-corrected chi connectivity index (χ0v) is 11.2. The highest BCUT2D eigenvalue weighted by Gasteiger charge is 2.10. The second-order valence-electron chi connectivity index (χ2n) is 4.10. The molecule has 0 saturated carbocycles. The van der Waals surface area contributed by atoms with Gasteiger partial charge in [-0.3, -0.25) is 0 Å². The molecule has 1 aromatic carbocycles. The molecule has 3 rings (SSSR count). The van der Waals surface area contributed by atoms with Crippen LogP contribution in [-0.4, -0.2) is 16.5 Å². The van der Waals surface area contributed by atoms with Gasteiger partial charge in [-0.05, 0) is 36.6 Å². The minimum atomic E-state index is -0.279. The number of fused-ring (bicyclic) bond motifs is 1. The Morgan fingerprint density at radius 3 is 2.89 bits per heavy atom. The first-order valence-electron chi connectivity index (χ1n) is 6.01. The van der Waals surface area contributed by atoms with Crippen molar-refractivity contribution in [2.75, 3.05) is 11.9 Å². The molecule has 0 bridgehead atoms. The largest absolute Gasteiger partial charge is 0.370 e. The minimum absolute atomic E-state index is 0.279. The highest BCUT2D eigenvalue weighted by molar-refractivity contribution is 7.08. The number of halogens is 1. The standard InChI is InChI=1S/C14H12FN3S/c1-2-16-14-11-7-10(15)3-4-12(11)17-13(18-14)9-5-6-19-8-9/h3-8H,2H2,1H3,(H,16,17,18). The molecular formula is C14H12FN3S. The summed E-state index contributed by atoms with van der Waals surface area (Å²) in [6.45, 7) is 2.71. The molecule has 0 amide bonds. The Kier molecular flexibility index (Phi) is 3.13. The average molecular weight is 273 g/mol. The molecule has 0 saturated heterocycles. The van der Waals surface area contributed by atoms with E-state index in [0.29, 0.717) is 17.0 Å². The summed E-state index contributed by atoms with van der Waals surface area (Å²) >= 11 is 1.60. The smallest absolute Gasteiger partial charge is 0.162 e. The van der Waals surface area contributed by atoms with Crippen molar-refractivity contribution in [1.29, 1.82) is 0 Å². The van der Waals surface area contributed by atoms with Crippen LogP contribution in [0.1, 0.15) is 6.92 Å². The fraction of sp³-hybridized carbons (Fsp3) is 0.143. The van der Waals surface area contributed by atoms with Crippen LogP contribution >= 0.6 is 11.3 Å². The molecule has 0 spiro atoms. The van der Waals surface area contributed by atoms with Crippen molar-refractivity contribution in [3.63, 3.8) is 0 Å². The maximum Gasteiger partial charge on any atom is 0.162 e. The number of nitrogens with zero attached hydrogens (tertiary/aromatic N) is 2. The van der Waals surface area contributed by atoms with E-state index in [9.17, 15) is 4.39 Å². The SMILES string of the molecule is CCNc1nc(-c2ccsc2)nc2ccc(F)cc12. The van der Waals surface area contributed by atoms with Gasteiger partial charge in [-0.25, -0.2) is 14.4 Å². The van der Waals surface area contributed by atoms with Gasteiger partial charge in [0, 0.05) is 22.9 Å². The molecule has 5 heteroatoms. The van der Waals surface area contributed by atoms with E-state index in [4.69, 9.17) is 0 Å². The van der Waals surface area contributed by atoms with Crippen LogP contribution in [-0.2, 0) is 0 Å². The van der Waals surface area contributed by atoms with Gasteiger partial charge in [-0.2, -0.15) is 11.3 Å². The van der Waals surface area contributed by atoms with Crippen LogP contribution in [0.3, 0.4) is 0 Å². The lowest BCUT2D eigenvalue weighted by molar-refractivity contribution is 0.629. The van der Waals surface area contributed by atoms with Crippen LogP contribution in [0.5, 0.6) is 0 Å². The highest BCUT2D eigenvalue weighted by Crippen LogP contribution is 2.26. The first kappa shape index (κ1) is 12.0. The predicted molar refractivity (Wildman–Crippen MR) is 77.0 cm³/mol. The van der Waals surface area contributed by atoms with E-state index >= 15 is 0 Å². The van der Waals surface area contributed by atoms with Gasteiger partial charge in [0.25, 0.3) is 0 Å². The van der Waals surface area contributed by atoms with E-state index in [1.807, 2.05) is 23.8 Å². The van der Waals surface area contributed by atoms with Crippen molar-refractivity contribution in [2.24, 2.45) is 0 Å². The lowest BCUT2D eigenvalue weighted by Crippen LogP contribution is -2.03. The zero-order chi connectivity index (χ0) is 13.2. The summed E-state index contributed by atoms with van der Waals surface area (Å²) in [4.78, 5) is 8.98. The minimum Gasteiger partial charge on any atom is -0.370 e. The van der Waals surface area contributed by atoms with E-state index in [1.165, 1.54) is 12.1 Å². The molecule has 0 unspecified atom stereocenters. The summed E-state index contributed by atoms with van der Waals surface area (Å²) in [6, 6.07) is 6.54. The number of thiophene rings is 1. The summed E-state index contributed by atoms with van der Waals surface area (Å²) in [5.74, 6) is 1.06. The molecule has 2 heterocycles. The zero-order valence-electron chi connectivity index (χ0n) is 10.4. The summed E-state index contributed by atoms with van der Waals surface area (Å²) in [6.07, 6.45) is 0. The Morgan fingerprint density at radius 2 is 2.16 bits per heavy atom. The molecule has 0 fully saturated rings. The van der Waals surface area contributed by atoms with E-state index < -0.39 is 0 Å². The maximum absolute atomic E-state index is 13.3. The summed E-state index contributed by atoms with van der Waals surface area (Å²) < 4.78 is 13.3. The third kappa shape index (κ3) is 2.29. The Bertz CT molecular complexity index is 710. The lowest BCUT2D eigenvalue weighted by Gasteiger charge is -2.09. The summed E-state index contributed by atoms with van der Waals surface area (Å²) in [5, 5.41) is 7.86. The molecule has 0 aliphatic carbocycles. The number of rotatable bonds is 3. The van der Waals surface area contributed by atoms with Gasteiger partial charge in [0.1, 0.15) is 11.6 Å². The van der Waals surface area contributed by atoms with E-state index in [2.05, 4.69) is 15.3 Å². The van der Waals surface area contributed by atoms with Crippen LogP contribution in [0.4, 0.5) is 10.2 Å². The van der Waals surface area contributed by atoms with Gasteiger partial charge in [0.2, 0.25) is 0 Å². The second kappa shape index (κ2) is 4.93. The quantitative estimate of drug-likeness (QED) is 0.785. The Morgan fingerprint density at radius 1 is 1.26 bits per heavy atom. The fourth-order valence-corrected chi connectivity index (χ4v) is 2.56. The van der Waals surface area contributed by atoms with Crippen molar-refractivity contribution in [3.8, 4) is 11.4 Å². The number of benzene rings is 1. The van der Waals surface area contributed by atoms with Crippen molar-refractivity contribution in [1.82, 2.24) is 9.97 Å². The molecule has 3 nitrogen and oxygen atoms in total. The monoisotopic (exact) mass is 273 g/mol. The predicted octanol–water partition coefficient (Wildman–Crippen LogP) is 3.93. The van der Waals surface area contributed by atoms with E-state index in [-0.39, 0.29) is 5.82 Å². The number of hydrogen-bond acceptors (Lipinski definition) is 4. The average Bonchev–Trinajstić information content (AvgIpc) is 2.93. The van der Waals surface area contributed by atoms with Crippen molar-refractivity contribution >= 4 is 28.1 Å². The molecule has 2 aromatic heterocycles. The molecule has 0 atom stereocenters. The normalized spacial score (nSPS) is 10.8. The topological polar surface area (TPSA) is 37.8 Å². The van der Waals surface area contributed by atoms with E-state index in [1.54, 1.807) is 17.4 Å². The molecular weight excluding hydrogens is 261 g/mol. The van der Waals surface area contributed by atoms with Gasteiger partial charge in [-0.15, -0.1) is 0 Å². The van der Waals surface area contributed by atoms with Gasteiger partial charge in [0.05, 0.1) is 5.52 Å². The van der Waals surface area contributed by atoms with Crippen LogP contribution in [0.15, 0.2) is 35.0 Å². The lowest BCUT2D eigenvalue weighted by atomic mass is 10.2. The Labute approximate surface area is 114 Å². The van der Waals surface area contributed by atoms with Crippen molar-refractivity contribution < 1.29 is 4.39 Å². The summed E-state index contributed by atoms with van der Waals surface area (Å²) in [7, 11) is 0. The van der Waals surface area contributed by atoms with Crippen LogP contribution in [0.2, 0.25) is 0 Å². The van der Waals surface area contributed by atoms with Crippen LogP contribution in [0, 0.1) is 5.82 Å². The number of aromatic nitrogens is 2. The van der Waals surface area contributed by atoms with Crippen LogP contribution in [0.25, 0.3) is 22.3 Å². The number of anilines is 1. The van der Waals surface area contributed by atoms with Gasteiger partial charge < -0.3 is 5.32 Å². The molecule has 0 aliphatic rings. The first-order valence-corrected chi connectivity index (χ1v) is 6.96. The van der Waals surface area contributed by atoms with Gasteiger partial charge in [-0.1, -0.05) is 0 Å². The fourth-order valence-electron chi connectivity index (χ4n) is 1.92. The third-order valence-corrected chi connectivity index (χ3v) is 3.46. The maximum atomic E-state index is 13.3. The van der Waals surface area contributed by atoms with Crippen LogP contribution < -0.4 is 5.32 Å².